The molecule has 2 amide bonds. The smallest absolute Gasteiger partial charge is 0.277 e. The molecular weight excluding hydrogens is 301 g/mol. The van der Waals surface area contributed by atoms with E-state index >= 15 is 0 Å². The van der Waals surface area contributed by atoms with Gasteiger partial charge >= 0.3 is 0 Å². The second kappa shape index (κ2) is 6.37. The summed E-state index contributed by atoms with van der Waals surface area (Å²) in [5.74, 6) is -1.41. The number of nitrogens with zero attached hydrogens (tertiary/aromatic N) is 2. The van der Waals surface area contributed by atoms with Gasteiger partial charge in [-0.1, -0.05) is 0 Å². The molecule has 0 aromatic heterocycles. The third-order valence-electron chi connectivity index (χ3n) is 4.01. The second-order valence-corrected chi connectivity index (χ2v) is 5.56. The van der Waals surface area contributed by atoms with Crippen molar-refractivity contribution in [3.8, 4) is 0 Å². The first-order valence-corrected chi connectivity index (χ1v) is 7.60. The summed E-state index contributed by atoms with van der Waals surface area (Å²) < 4.78 is 13.6. The van der Waals surface area contributed by atoms with Gasteiger partial charge in [0.25, 0.3) is 11.8 Å². The van der Waals surface area contributed by atoms with Gasteiger partial charge in [-0.05, 0) is 31.0 Å². The first-order valence-electron chi connectivity index (χ1n) is 7.60. The van der Waals surface area contributed by atoms with Crippen molar-refractivity contribution in [2.24, 2.45) is 0 Å². The summed E-state index contributed by atoms with van der Waals surface area (Å²) in [5.41, 5.74) is 1.37. The van der Waals surface area contributed by atoms with E-state index in [9.17, 15) is 14.0 Å². The molecule has 0 spiro atoms. The average molecular weight is 319 g/mol. The molecule has 1 saturated heterocycles. The minimum Gasteiger partial charge on any atom is -0.395 e. The number of amides is 2. The van der Waals surface area contributed by atoms with Crippen LogP contribution in [-0.4, -0.2) is 48.1 Å². The molecule has 0 radical (unpaired) electrons. The maximum atomic E-state index is 13.6. The Morgan fingerprint density at radius 2 is 1.96 bits per heavy atom. The summed E-state index contributed by atoms with van der Waals surface area (Å²) in [4.78, 5) is 27.0. The number of imide groups is 1. The largest absolute Gasteiger partial charge is 0.395 e. The minimum atomic E-state index is -0.513. The van der Waals surface area contributed by atoms with Gasteiger partial charge in [-0.3, -0.25) is 14.5 Å². The minimum absolute atomic E-state index is 0.0541. The molecule has 2 N–H and O–H groups in total. The van der Waals surface area contributed by atoms with Gasteiger partial charge in [-0.15, -0.1) is 0 Å². The first-order chi connectivity index (χ1) is 11.1. The lowest BCUT2D eigenvalue weighted by molar-refractivity contribution is -0.137. The van der Waals surface area contributed by atoms with Gasteiger partial charge in [0.2, 0.25) is 0 Å². The van der Waals surface area contributed by atoms with Crippen LogP contribution in [0.25, 0.3) is 0 Å². The molecule has 0 aliphatic carbocycles. The van der Waals surface area contributed by atoms with Gasteiger partial charge in [0.05, 0.1) is 24.5 Å². The lowest BCUT2D eigenvalue weighted by Crippen LogP contribution is -2.34. The van der Waals surface area contributed by atoms with Gasteiger partial charge in [0.1, 0.15) is 11.5 Å². The van der Waals surface area contributed by atoms with Crippen molar-refractivity contribution in [3.05, 3.63) is 35.8 Å². The zero-order valence-corrected chi connectivity index (χ0v) is 12.6. The number of carbonyl (C=O) groups is 2. The van der Waals surface area contributed by atoms with E-state index in [-0.39, 0.29) is 18.8 Å². The molecule has 0 saturated carbocycles. The molecule has 0 unspecified atom stereocenters. The molecule has 2 aliphatic heterocycles. The van der Waals surface area contributed by atoms with E-state index in [1.165, 1.54) is 18.2 Å². The molecular formula is C16H18FN3O3. The number of β-amino-alcohol motifs (C(OH)–C–C–N with tert-alkyl or cyclic N) is 1. The molecule has 2 aliphatic rings. The van der Waals surface area contributed by atoms with Gasteiger partial charge in [-0.2, -0.15) is 0 Å². The van der Waals surface area contributed by atoms with Crippen molar-refractivity contribution in [1.29, 1.82) is 0 Å². The highest BCUT2D eigenvalue weighted by atomic mass is 19.1. The van der Waals surface area contributed by atoms with E-state index in [0.717, 1.165) is 36.5 Å². The fourth-order valence-electron chi connectivity index (χ4n) is 2.90. The predicted octanol–water partition coefficient (Wildman–Crippen LogP) is 1.08. The summed E-state index contributed by atoms with van der Waals surface area (Å²) in [6.45, 7) is 1.41. The summed E-state index contributed by atoms with van der Waals surface area (Å²) in [5, 5.41) is 11.8. The summed E-state index contributed by atoms with van der Waals surface area (Å²) in [6.07, 6.45) is 3.32. The summed E-state index contributed by atoms with van der Waals surface area (Å²) in [6, 6.07) is 4.38. The topological polar surface area (TPSA) is 72.9 Å². The van der Waals surface area contributed by atoms with Gasteiger partial charge in [0, 0.05) is 19.2 Å². The van der Waals surface area contributed by atoms with E-state index in [4.69, 9.17) is 5.11 Å². The van der Waals surface area contributed by atoms with Crippen LogP contribution < -0.4 is 10.2 Å². The van der Waals surface area contributed by atoms with E-state index in [0.29, 0.717) is 5.69 Å². The molecule has 1 aromatic carbocycles. The van der Waals surface area contributed by atoms with Crippen LogP contribution in [0.4, 0.5) is 15.8 Å². The Morgan fingerprint density at radius 1 is 1.22 bits per heavy atom. The number of nitrogens with one attached hydrogen (secondary N) is 1. The fourth-order valence-corrected chi connectivity index (χ4v) is 2.90. The standard InChI is InChI=1S/C16H18FN3O3/c17-11-3-4-14(19-5-1-2-6-19)12(9-11)18-13-10-15(22)20(7-8-21)16(13)23/h3-4,9-10,18,21H,1-2,5-8H2. The van der Waals surface area contributed by atoms with Gasteiger partial charge in [-0.25, -0.2) is 4.39 Å². The van der Waals surface area contributed by atoms with Crippen LogP contribution in [-0.2, 0) is 9.59 Å². The van der Waals surface area contributed by atoms with Crippen LogP contribution >= 0.6 is 0 Å². The third kappa shape index (κ3) is 3.05. The predicted molar refractivity (Wildman–Crippen MR) is 83.4 cm³/mol. The molecule has 3 rings (SSSR count). The summed E-state index contributed by atoms with van der Waals surface area (Å²) in [7, 11) is 0. The quantitative estimate of drug-likeness (QED) is 0.795. The molecule has 0 bridgehead atoms. The molecule has 7 heteroatoms. The molecule has 23 heavy (non-hydrogen) atoms. The lowest BCUT2D eigenvalue weighted by atomic mass is 10.2. The zero-order chi connectivity index (χ0) is 16.4. The Labute approximate surface area is 133 Å². The van der Waals surface area contributed by atoms with Crippen molar-refractivity contribution >= 4 is 23.2 Å². The third-order valence-corrected chi connectivity index (χ3v) is 4.01. The van der Waals surface area contributed by atoms with Crippen LogP contribution in [0.15, 0.2) is 30.0 Å². The molecule has 122 valence electrons. The fraction of sp³-hybridized carbons (Fsp3) is 0.375. The van der Waals surface area contributed by atoms with Crippen LogP contribution in [0.2, 0.25) is 0 Å². The highest BCUT2D eigenvalue weighted by molar-refractivity contribution is 6.17. The van der Waals surface area contributed by atoms with E-state index < -0.39 is 17.6 Å². The number of hydrogen-bond donors (Lipinski definition) is 2. The van der Waals surface area contributed by atoms with Crippen LogP contribution in [0.1, 0.15) is 12.8 Å². The first kappa shape index (κ1) is 15.5. The van der Waals surface area contributed by atoms with Crippen molar-refractivity contribution < 1.29 is 19.1 Å². The van der Waals surface area contributed by atoms with Crippen molar-refractivity contribution in [1.82, 2.24) is 4.90 Å². The number of aliphatic hydroxyl groups excluding tert-OH is 1. The highest BCUT2D eigenvalue weighted by Gasteiger charge is 2.31. The molecule has 0 atom stereocenters. The van der Waals surface area contributed by atoms with Crippen molar-refractivity contribution in [3.63, 3.8) is 0 Å². The van der Waals surface area contributed by atoms with E-state index in [1.54, 1.807) is 6.07 Å². The van der Waals surface area contributed by atoms with Crippen LogP contribution in [0, 0.1) is 5.82 Å². The summed E-state index contributed by atoms with van der Waals surface area (Å²) >= 11 is 0. The number of carbonyl (C=O) groups excluding carboxylic acids is 2. The van der Waals surface area contributed by atoms with Crippen molar-refractivity contribution in [2.75, 3.05) is 36.5 Å². The monoisotopic (exact) mass is 319 g/mol. The zero-order valence-electron chi connectivity index (χ0n) is 12.6. The van der Waals surface area contributed by atoms with Crippen LogP contribution in [0.5, 0.6) is 0 Å². The Morgan fingerprint density at radius 3 is 2.65 bits per heavy atom. The molecule has 6 nitrogen and oxygen atoms in total. The number of anilines is 2. The normalized spacial score (nSPS) is 17.9. The number of benzene rings is 1. The highest BCUT2D eigenvalue weighted by Crippen LogP contribution is 2.31. The Kier molecular flexibility index (Phi) is 4.29. The SMILES string of the molecule is O=C1C=C(Nc2cc(F)ccc2N2CCCC2)C(=O)N1CCO. The second-order valence-electron chi connectivity index (χ2n) is 5.56. The van der Waals surface area contributed by atoms with Crippen LogP contribution in [0.3, 0.4) is 0 Å². The molecule has 1 aromatic rings. The van der Waals surface area contributed by atoms with Crippen molar-refractivity contribution in [2.45, 2.75) is 12.8 Å². The van der Waals surface area contributed by atoms with Gasteiger partial charge in [0.15, 0.2) is 0 Å². The van der Waals surface area contributed by atoms with E-state index in [1.807, 2.05) is 0 Å². The maximum absolute atomic E-state index is 13.6. The Bertz CT molecular complexity index is 669. The van der Waals surface area contributed by atoms with E-state index in [2.05, 4.69) is 10.2 Å². The number of aliphatic hydroxyl groups is 1. The molecule has 2 heterocycles. The lowest BCUT2D eigenvalue weighted by Gasteiger charge is -2.22. The number of halogens is 1. The number of hydrogen-bond acceptors (Lipinski definition) is 5. The number of rotatable bonds is 5. The van der Waals surface area contributed by atoms with Gasteiger partial charge < -0.3 is 15.3 Å². The maximum Gasteiger partial charge on any atom is 0.277 e. The average Bonchev–Trinajstić information content (AvgIpc) is 3.13. The Hall–Kier alpha value is -2.41. The molecule has 1 fully saturated rings. The Balaban J connectivity index is 1.85.